The average Bonchev–Trinajstić information content (AvgIpc) is 3.68. The number of aliphatic imine (C=N–C) groups is 1. The van der Waals surface area contributed by atoms with Gasteiger partial charge >= 0.3 is 0 Å². The minimum Gasteiger partial charge on any atom is -0.489 e. The maximum Gasteiger partial charge on any atom is 0.232 e. The Morgan fingerprint density at radius 3 is 2.31 bits per heavy atom. The Morgan fingerprint density at radius 2 is 1.57 bits per heavy atom. The zero-order valence-corrected chi connectivity index (χ0v) is 18.5. The lowest BCUT2D eigenvalue weighted by Gasteiger charge is -2.06. The molecule has 170 valence electrons. The van der Waals surface area contributed by atoms with E-state index >= 15 is 0 Å². The highest BCUT2D eigenvalue weighted by atomic mass is 16.5. The number of aromatic nitrogens is 2. The van der Waals surface area contributed by atoms with Gasteiger partial charge in [-0.3, -0.25) is 0 Å². The molecule has 0 spiro atoms. The first-order valence-corrected chi connectivity index (χ1v) is 11.0. The molecule has 4 heterocycles. The molecule has 0 amide bonds. The highest BCUT2D eigenvalue weighted by molar-refractivity contribution is 6.04. The SMILES string of the molecule is C(=Nc1ncnc2oc(-c3ccco3)c(-c3ccco3)c12)c1ccc(OCc2ccccc2)cc1. The molecule has 0 saturated carbocycles. The predicted octanol–water partition coefficient (Wildman–Crippen LogP) is 7.07. The molecule has 6 aromatic rings. The van der Waals surface area contributed by atoms with Gasteiger partial charge in [-0.1, -0.05) is 30.3 Å². The molecule has 7 heteroatoms. The molecule has 4 aromatic heterocycles. The normalized spacial score (nSPS) is 11.4. The van der Waals surface area contributed by atoms with Crippen LogP contribution in [0.1, 0.15) is 11.1 Å². The fourth-order valence-corrected chi connectivity index (χ4v) is 3.78. The van der Waals surface area contributed by atoms with Crippen LogP contribution in [0.3, 0.4) is 0 Å². The summed E-state index contributed by atoms with van der Waals surface area (Å²) in [6.07, 6.45) is 6.37. The molecular formula is C28H19N3O4. The van der Waals surface area contributed by atoms with E-state index in [4.69, 9.17) is 18.0 Å². The van der Waals surface area contributed by atoms with Gasteiger partial charge in [0.1, 0.15) is 24.4 Å². The Labute approximate surface area is 200 Å². The van der Waals surface area contributed by atoms with E-state index in [-0.39, 0.29) is 0 Å². The summed E-state index contributed by atoms with van der Waals surface area (Å²) in [5.41, 5.74) is 3.11. The first-order chi connectivity index (χ1) is 17.3. The van der Waals surface area contributed by atoms with Crippen molar-refractivity contribution in [3.8, 4) is 28.6 Å². The van der Waals surface area contributed by atoms with Gasteiger partial charge in [-0.2, -0.15) is 0 Å². The van der Waals surface area contributed by atoms with Gasteiger partial charge in [-0.15, -0.1) is 0 Å². The summed E-state index contributed by atoms with van der Waals surface area (Å²) < 4.78 is 23.2. The fourth-order valence-electron chi connectivity index (χ4n) is 3.78. The molecule has 0 unspecified atom stereocenters. The summed E-state index contributed by atoms with van der Waals surface area (Å²) in [6.45, 7) is 0.515. The Kier molecular flexibility index (Phi) is 5.41. The van der Waals surface area contributed by atoms with Crippen molar-refractivity contribution in [3.63, 3.8) is 0 Å². The maximum atomic E-state index is 6.04. The summed E-state index contributed by atoms with van der Waals surface area (Å²) >= 11 is 0. The van der Waals surface area contributed by atoms with Gasteiger partial charge in [0, 0.05) is 6.21 Å². The van der Waals surface area contributed by atoms with Gasteiger partial charge in [-0.05, 0) is 59.7 Å². The molecule has 0 N–H and O–H groups in total. The third-order valence-corrected chi connectivity index (χ3v) is 5.45. The van der Waals surface area contributed by atoms with E-state index < -0.39 is 0 Å². The largest absolute Gasteiger partial charge is 0.489 e. The Hall–Kier alpha value is -4.91. The second kappa shape index (κ2) is 9.15. The lowest BCUT2D eigenvalue weighted by atomic mass is 10.1. The van der Waals surface area contributed by atoms with Crippen LogP contribution in [0.2, 0.25) is 0 Å². The predicted molar refractivity (Wildman–Crippen MR) is 132 cm³/mol. The highest BCUT2D eigenvalue weighted by Crippen LogP contribution is 2.43. The van der Waals surface area contributed by atoms with Gasteiger partial charge in [0.15, 0.2) is 17.3 Å². The molecule has 7 nitrogen and oxygen atoms in total. The van der Waals surface area contributed by atoms with E-state index in [1.54, 1.807) is 24.8 Å². The molecule has 0 fully saturated rings. The summed E-state index contributed by atoms with van der Waals surface area (Å²) in [6, 6.07) is 25.1. The van der Waals surface area contributed by atoms with Crippen LogP contribution in [0.25, 0.3) is 33.9 Å². The van der Waals surface area contributed by atoms with Crippen LogP contribution < -0.4 is 4.74 Å². The minimum absolute atomic E-state index is 0.398. The molecule has 0 aliphatic rings. The van der Waals surface area contributed by atoms with Crippen LogP contribution >= 0.6 is 0 Å². The van der Waals surface area contributed by atoms with Crippen molar-refractivity contribution >= 4 is 23.1 Å². The second-order valence-electron chi connectivity index (χ2n) is 7.74. The third-order valence-electron chi connectivity index (χ3n) is 5.45. The summed E-state index contributed by atoms with van der Waals surface area (Å²) in [5.74, 6) is 2.94. The van der Waals surface area contributed by atoms with E-state index in [1.807, 2.05) is 72.8 Å². The number of hydrogen-bond donors (Lipinski definition) is 0. The number of hydrogen-bond acceptors (Lipinski definition) is 7. The summed E-state index contributed by atoms with van der Waals surface area (Å²) in [7, 11) is 0. The molecule has 0 bridgehead atoms. The summed E-state index contributed by atoms with van der Waals surface area (Å²) in [4.78, 5) is 13.3. The molecule has 6 rings (SSSR count). The monoisotopic (exact) mass is 461 g/mol. The number of benzene rings is 2. The smallest absolute Gasteiger partial charge is 0.232 e. The molecule has 2 aromatic carbocycles. The zero-order chi connectivity index (χ0) is 23.5. The first kappa shape index (κ1) is 20.7. The molecule has 0 aliphatic heterocycles. The lowest BCUT2D eigenvalue weighted by molar-refractivity contribution is 0.306. The van der Waals surface area contributed by atoms with Crippen molar-refractivity contribution in [3.05, 3.63) is 109 Å². The van der Waals surface area contributed by atoms with Gasteiger partial charge < -0.3 is 18.0 Å². The third kappa shape index (κ3) is 4.22. The maximum absolute atomic E-state index is 6.04. The van der Waals surface area contributed by atoms with Crippen LogP contribution in [0.4, 0.5) is 5.82 Å². The van der Waals surface area contributed by atoms with Crippen molar-refractivity contribution in [2.24, 2.45) is 4.99 Å². The lowest BCUT2D eigenvalue weighted by Crippen LogP contribution is -1.95. The average molecular weight is 461 g/mol. The number of nitrogens with zero attached hydrogens (tertiary/aromatic N) is 3. The van der Waals surface area contributed by atoms with E-state index in [0.717, 1.165) is 16.9 Å². The molecule has 0 saturated heterocycles. The van der Waals surface area contributed by atoms with Crippen LogP contribution in [0, 0.1) is 0 Å². The van der Waals surface area contributed by atoms with Crippen molar-refractivity contribution in [2.75, 3.05) is 0 Å². The van der Waals surface area contributed by atoms with E-state index in [2.05, 4.69) is 15.0 Å². The summed E-state index contributed by atoms with van der Waals surface area (Å²) in [5, 5.41) is 0.646. The molecular weight excluding hydrogens is 442 g/mol. The van der Waals surface area contributed by atoms with Gasteiger partial charge in [0.2, 0.25) is 5.71 Å². The van der Waals surface area contributed by atoms with E-state index in [0.29, 0.717) is 46.4 Å². The van der Waals surface area contributed by atoms with Gasteiger partial charge in [0.25, 0.3) is 0 Å². The first-order valence-electron chi connectivity index (χ1n) is 11.0. The number of fused-ring (bicyclic) bond motifs is 1. The van der Waals surface area contributed by atoms with Gasteiger partial charge in [-0.25, -0.2) is 15.0 Å². The Morgan fingerprint density at radius 1 is 0.800 bits per heavy atom. The van der Waals surface area contributed by atoms with Crippen LogP contribution in [-0.2, 0) is 6.61 Å². The number of rotatable bonds is 7. The topological polar surface area (TPSA) is 86.8 Å². The number of ether oxygens (including phenoxy) is 1. The highest BCUT2D eigenvalue weighted by Gasteiger charge is 2.25. The van der Waals surface area contributed by atoms with Crippen LogP contribution in [0.5, 0.6) is 5.75 Å². The van der Waals surface area contributed by atoms with Crippen molar-refractivity contribution in [1.82, 2.24) is 9.97 Å². The Balaban J connectivity index is 1.31. The molecule has 0 radical (unpaired) electrons. The van der Waals surface area contributed by atoms with E-state index in [1.165, 1.54) is 6.33 Å². The van der Waals surface area contributed by atoms with Crippen LogP contribution in [0.15, 0.2) is 116 Å². The van der Waals surface area contributed by atoms with E-state index in [9.17, 15) is 0 Å². The van der Waals surface area contributed by atoms with Crippen molar-refractivity contribution < 1.29 is 18.0 Å². The standard InChI is InChI=1S/C28H19N3O4/c1-2-6-20(7-3-1)17-34-21-12-10-19(11-13-21)16-29-27-25-24(22-8-4-14-32-22)26(23-9-5-15-33-23)35-28(25)31-18-30-27/h1-16,18H,17H2. The Bertz CT molecular complexity index is 1570. The fraction of sp³-hybridized carbons (Fsp3) is 0.0357. The van der Waals surface area contributed by atoms with Crippen molar-refractivity contribution in [1.29, 1.82) is 0 Å². The molecule has 0 aliphatic carbocycles. The van der Waals surface area contributed by atoms with Crippen molar-refractivity contribution in [2.45, 2.75) is 6.61 Å². The second-order valence-corrected chi connectivity index (χ2v) is 7.74. The minimum atomic E-state index is 0.398. The number of furan rings is 3. The zero-order valence-electron chi connectivity index (χ0n) is 18.5. The van der Waals surface area contributed by atoms with Gasteiger partial charge in [0.05, 0.1) is 23.5 Å². The van der Waals surface area contributed by atoms with Crippen LogP contribution in [-0.4, -0.2) is 16.2 Å². The molecule has 0 atom stereocenters. The quantitative estimate of drug-likeness (QED) is 0.236. The molecule has 35 heavy (non-hydrogen) atoms.